The second-order valence-corrected chi connectivity index (χ2v) is 4.58. The summed E-state index contributed by atoms with van der Waals surface area (Å²) in [7, 11) is 1.59. The molecule has 1 aromatic carbocycles. The zero-order valence-corrected chi connectivity index (χ0v) is 11.5. The monoisotopic (exact) mass is 312 g/mol. The Labute approximate surface area is 122 Å². The maximum atomic E-state index is 12.5. The Morgan fingerprint density at radius 3 is 2.82 bits per heavy atom. The molecule has 2 heterocycles. The van der Waals surface area contributed by atoms with Crippen LogP contribution in [0, 0.1) is 0 Å². The van der Waals surface area contributed by atoms with E-state index in [1.165, 1.54) is 0 Å². The Morgan fingerprint density at radius 1 is 1.32 bits per heavy atom. The van der Waals surface area contributed by atoms with Gasteiger partial charge in [0.15, 0.2) is 0 Å². The highest BCUT2D eigenvalue weighted by Crippen LogP contribution is 2.30. The second-order valence-electron chi connectivity index (χ2n) is 4.58. The largest absolute Gasteiger partial charge is 0.471 e. The standard InChI is InChI=1S/C13H11F3N4O2/c1-21-5-4-20-7-9-6-8(2-3-10(9)18-20)11-17-12(22-19-11)13(14,15)16/h2-3,6-7H,4-5H2,1H3. The molecule has 0 unspecified atom stereocenters. The third kappa shape index (κ3) is 2.80. The molecule has 0 amide bonds. The van der Waals surface area contributed by atoms with E-state index in [2.05, 4.69) is 19.8 Å². The number of ether oxygens (including phenoxy) is 1. The number of aromatic nitrogens is 4. The van der Waals surface area contributed by atoms with E-state index in [4.69, 9.17) is 4.74 Å². The Bertz CT molecular complexity index is 794. The lowest BCUT2D eigenvalue weighted by Gasteiger charge is -1.97. The lowest BCUT2D eigenvalue weighted by molar-refractivity contribution is -0.159. The molecule has 9 heteroatoms. The Hall–Kier alpha value is -2.42. The van der Waals surface area contributed by atoms with Crippen LogP contribution in [0.3, 0.4) is 0 Å². The fraction of sp³-hybridized carbons (Fsp3) is 0.308. The van der Waals surface area contributed by atoms with Gasteiger partial charge in [0.05, 0.1) is 18.7 Å². The van der Waals surface area contributed by atoms with Crippen molar-refractivity contribution in [3.05, 3.63) is 30.3 Å². The van der Waals surface area contributed by atoms with Gasteiger partial charge in [0.1, 0.15) is 0 Å². The smallest absolute Gasteiger partial charge is 0.383 e. The van der Waals surface area contributed by atoms with Crippen LogP contribution in [0.25, 0.3) is 22.3 Å². The van der Waals surface area contributed by atoms with Crippen LogP contribution in [0.5, 0.6) is 0 Å². The third-order valence-electron chi connectivity index (χ3n) is 3.00. The van der Waals surface area contributed by atoms with Crippen LogP contribution in [0.1, 0.15) is 5.89 Å². The van der Waals surface area contributed by atoms with Gasteiger partial charge in [-0.15, -0.1) is 0 Å². The minimum atomic E-state index is -4.65. The van der Waals surface area contributed by atoms with Crippen molar-refractivity contribution in [3.63, 3.8) is 0 Å². The van der Waals surface area contributed by atoms with Gasteiger partial charge < -0.3 is 9.26 Å². The molecule has 0 saturated carbocycles. The Kier molecular flexibility index (Phi) is 3.57. The zero-order valence-electron chi connectivity index (χ0n) is 11.5. The van der Waals surface area contributed by atoms with Crippen molar-refractivity contribution in [2.45, 2.75) is 12.7 Å². The number of methoxy groups -OCH3 is 1. The molecule has 116 valence electrons. The SMILES string of the molecule is COCCn1cc2cc(-c3noc(C(F)(F)F)n3)ccc2n1. The fourth-order valence-corrected chi connectivity index (χ4v) is 1.97. The zero-order chi connectivity index (χ0) is 15.7. The minimum absolute atomic E-state index is 0.112. The maximum absolute atomic E-state index is 12.5. The number of hydrogen-bond acceptors (Lipinski definition) is 5. The molecule has 0 fully saturated rings. The van der Waals surface area contributed by atoms with Gasteiger partial charge >= 0.3 is 12.1 Å². The van der Waals surface area contributed by atoms with Gasteiger partial charge in [-0.2, -0.15) is 23.3 Å². The summed E-state index contributed by atoms with van der Waals surface area (Å²) in [6, 6.07) is 4.95. The van der Waals surface area contributed by atoms with Crippen LogP contribution in [0.2, 0.25) is 0 Å². The molecule has 0 aliphatic rings. The van der Waals surface area contributed by atoms with Gasteiger partial charge in [0, 0.05) is 24.3 Å². The third-order valence-corrected chi connectivity index (χ3v) is 3.00. The summed E-state index contributed by atoms with van der Waals surface area (Å²) >= 11 is 0. The first-order valence-corrected chi connectivity index (χ1v) is 6.35. The van der Waals surface area contributed by atoms with Gasteiger partial charge in [0.25, 0.3) is 0 Å². The molecule has 3 aromatic rings. The molecule has 0 radical (unpaired) electrons. The molecule has 2 aromatic heterocycles. The number of fused-ring (bicyclic) bond motifs is 1. The summed E-state index contributed by atoms with van der Waals surface area (Å²) < 4.78 is 48.3. The average Bonchev–Trinajstić information content (AvgIpc) is 3.10. The Morgan fingerprint density at radius 2 is 2.14 bits per heavy atom. The minimum Gasteiger partial charge on any atom is -0.383 e. The van der Waals surface area contributed by atoms with E-state index in [9.17, 15) is 13.2 Å². The van der Waals surface area contributed by atoms with Crippen LogP contribution in [0.4, 0.5) is 13.2 Å². The van der Waals surface area contributed by atoms with Crippen LogP contribution < -0.4 is 0 Å². The molecule has 6 nitrogen and oxygen atoms in total. The van der Waals surface area contributed by atoms with Crippen LogP contribution in [0.15, 0.2) is 28.9 Å². The molecular weight excluding hydrogens is 301 g/mol. The summed E-state index contributed by atoms with van der Waals surface area (Å²) in [4.78, 5) is 3.36. The van der Waals surface area contributed by atoms with E-state index in [-0.39, 0.29) is 5.82 Å². The first kappa shape index (κ1) is 14.5. The summed E-state index contributed by atoms with van der Waals surface area (Å²) in [6.07, 6.45) is -2.87. The average molecular weight is 312 g/mol. The predicted molar refractivity (Wildman–Crippen MR) is 69.9 cm³/mol. The number of rotatable bonds is 4. The van der Waals surface area contributed by atoms with E-state index in [0.717, 1.165) is 10.9 Å². The molecule has 0 saturated heterocycles. The molecule has 3 rings (SSSR count). The number of halogens is 3. The molecule has 0 spiro atoms. The van der Waals surface area contributed by atoms with Gasteiger partial charge in [-0.05, 0) is 18.2 Å². The van der Waals surface area contributed by atoms with Crippen molar-refractivity contribution in [2.75, 3.05) is 13.7 Å². The first-order valence-electron chi connectivity index (χ1n) is 6.35. The second kappa shape index (κ2) is 5.41. The van der Waals surface area contributed by atoms with E-state index in [1.54, 1.807) is 36.2 Å². The molecule has 0 aliphatic carbocycles. The van der Waals surface area contributed by atoms with Crippen LogP contribution in [-0.4, -0.2) is 33.6 Å². The predicted octanol–water partition coefficient (Wildman–Crippen LogP) is 2.75. The highest BCUT2D eigenvalue weighted by molar-refractivity contribution is 5.82. The van der Waals surface area contributed by atoms with Gasteiger partial charge in [-0.25, -0.2) is 0 Å². The van der Waals surface area contributed by atoms with Gasteiger partial charge in [-0.1, -0.05) is 5.16 Å². The molecule has 0 atom stereocenters. The summed E-state index contributed by atoms with van der Waals surface area (Å²) in [5.74, 6) is -1.47. The van der Waals surface area contributed by atoms with Crippen molar-refractivity contribution >= 4 is 10.9 Å². The van der Waals surface area contributed by atoms with Gasteiger partial charge in [0.2, 0.25) is 5.82 Å². The summed E-state index contributed by atoms with van der Waals surface area (Å²) in [5.41, 5.74) is 1.15. The van der Waals surface area contributed by atoms with Gasteiger partial charge in [-0.3, -0.25) is 4.68 Å². The van der Waals surface area contributed by atoms with E-state index in [0.29, 0.717) is 18.7 Å². The van der Waals surface area contributed by atoms with Crippen molar-refractivity contribution < 1.29 is 22.4 Å². The lowest BCUT2D eigenvalue weighted by atomic mass is 10.1. The highest BCUT2D eigenvalue weighted by Gasteiger charge is 2.38. The Balaban J connectivity index is 1.92. The maximum Gasteiger partial charge on any atom is 0.471 e. The summed E-state index contributed by atoms with van der Waals surface area (Å²) in [5, 5.41) is 8.46. The molecule has 0 N–H and O–H groups in total. The van der Waals surface area contributed by atoms with E-state index in [1.807, 2.05) is 0 Å². The van der Waals surface area contributed by atoms with E-state index < -0.39 is 12.1 Å². The number of benzene rings is 1. The normalized spacial score (nSPS) is 12.2. The van der Waals surface area contributed by atoms with Crippen LogP contribution in [-0.2, 0) is 17.5 Å². The fourth-order valence-electron chi connectivity index (χ4n) is 1.97. The number of nitrogens with zero attached hydrogens (tertiary/aromatic N) is 4. The highest BCUT2D eigenvalue weighted by atomic mass is 19.4. The number of alkyl halides is 3. The molecule has 0 aliphatic heterocycles. The molecule has 0 bridgehead atoms. The molecule has 22 heavy (non-hydrogen) atoms. The number of hydrogen-bond donors (Lipinski definition) is 0. The van der Waals surface area contributed by atoms with Crippen molar-refractivity contribution in [1.82, 2.24) is 19.9 Å². The van der Waals surface area contributed by atoms with Crippen molar-refractivity contribution in [3.8, 4) is 11.4 Å². The quantitative estimate of drug-likeness (QED) is 0.741. The van der Waals surface area contributed by atoms with Crippen molar-refractivity contribution in [1.29, 1.82) is 0 Å². The summed E-state index contributed by atoms with van der Waals surface area (Å²) in [6.45, 7) is 1.10. The first-order chi connectivity index (χ1) is 10.5. The lowest BCUT2D eigenvalue weighted by Crippen LogP contribution is -2.04. The van der Waals surface area contributed by atoms with Crippen molar-refractivity contribution in [2.24, 2.45) is 0 Å². The van der Waals surface area contributed by atoms with E-state index >= 15 is 0 Å². The van der Waals surface area contributed by atoms with Crippen LogP contribution >= 0.6 is 0 Å². The molecular formula is C13H11F3N4O2. The topological polar surface area (TPSA) is 66.0 Å².